The number of hydrogen-bond donors (Lipinski definition) is 6. The molecule has 2 aliphatic carbocycles. The van der Waals surface area contributed by atoms with Gasteiger partial charge in [0.1, 0.15) is 22.9 Å². The molecule has 0 spiro atoms. The second-order valence-electron chi connectivity index (χ2n) is 17.0. The number of pyridine rings is 2. The lowest BCUT2D eigenvalue weighted by atomic mass is 9.71. The molecule has 4 aromatic heterocycles. The number of aromatic nitrogens is 4. The number of carbonyl (C=O) groups is 2. The van der Waals surface area contributed by atoms with E-state index in [-0.39, 0.29) is 34.1 Å². The smallest absolute Gasteiger partial charge is 0.272 e. The molecular weight excluding hydrogens is 677 g/mol. The number of nitrogens with one attached hydrogen (secondary N) is 4. The molecule has 2 amide bonds. The van der Waals surface area contributed by atoms with Gasteiger partial charge in [-0.05, 0) is 145 Å². The molecule has 8 rings (SSSR count). The van der Waals surface area contributed by atoms with Crippen LogP contribution in [0.5, 0.6) is 11.5 Å². The van der Waals surface area contributed by atoms with Crippen molar-refractivity contribution in [3.8, 4) is 11.5 Å². The standard InChI is InChI=1S/2C22H25N3O2/c2*1-22(2,3)14-4-9-17-13(10-14)11-18-19(24-17)12-20(25-18)21(27)23-15-5-7-16(26)8-6-15/h2*5-8,11-12,14,25-26H,4,9-10H2,1-3H3,(H,23,27)/t2*14-/m10/s1. The molecule has 2 atom stereocenters. The van der Waals surface area contributed by atoms with Gasteiger partial charge in [-0.1, -0.05) is 41.5 Å². The van der Waals surface area contributed by atoms with Gasteiger partial charge in [-0.3, -0.25) is 19.6 Å². The molecule has 0 fully saturated rings. The second-order valence-corrected chi connectivity index (χ2v) is 17.0. The molecular formula is C44H50N6O4. The highest BCUT2D eigenvalue weighted by Gasteiger charge is 2.31. The normalized spacial score (nSPS) is 16.9. The number of benzene rings is 2. The quantitative estimate of drug-likeness (QED) is 0.0995. The summed E-state index contributed by atoms with van der Waals surface area (Å²) in [5, 5.41) is 24.4. The highest BCUT2D eigenvalue weighted by atomic mass is 16.3. The van der Waals surface area contributed by atoms with Crippen molar-refractivity contribution in [3.63, 3.8) is 0 Å². The Morgan fingerprint density at radius 3 is 1.33 bits per heavy atom. The van der Waals surface area contributed by atoms with Crippen LogP contribution in [0.4, 0.5) is 11.4 Å². The minimum absolute atomic E-state index is 0.168. The Morgan fingerprint density at radius 2 is 0.981 bits per heavy atom. The topological polar surface area (TPSA) is 156 Å². The molecule has 6 N–H and O–H groups in total. The van der Waals surface area contributed by atoms with Crippen LogP contribution in [-0.2, 0) is 25.7 Å². The molecule has 54 heavy (non-hydrogen) atoms. The lowest BCUT2D eigenvalue weighted by molar-refractivity contribution is 0.101. The van der Waals surface area contributed by atoms with E-state index in [1.807, 2.05) is 0 Å². The van der Waals surface area contributed by atoms with Crippen molar-refractivity contribution in [3.05, 3.63) is 107 Å². The number of hydrogen-bond acceptors (Lipinski definition) is 6. The first-order valence-corrected chi connectivity index (χ1v) is 18.8. The first-order valence-electron chi connectivity index (χ1n) is 18.8. The van der Waals surface area contributed by atoms with Crippen molar-refractivity contribution in [2.45, 2.75) is 80.1 Å². The van der Waals surface area contributed by atoms with E-state index in [1.54, 1.807) is 60.7 Å². The van der Waals surface area contributed by atoms with Gasteiger partial charge in [0.05, 0.1) is 22.1 Å². The number of nitrogens with zero attached hydrogens (tertiary/aromatic N) is 2. The maximum Gasteiger partial charge on any atom is 0.272 e. The molecule has 0 unspecified atom stereocenters. The van der Waals surface area contributed by atoms with Crippen molar-refractivity contribution in [1.82, 2.24) is 19.9 Å². The number of amides is 2. The molecule has 0 aliphatic heterocycles. The van der Waals surface area contributed by atoms with Gasteiger partial charge in [-0.25, -0.2) is 0 Å². The molecule has 0 radical (unpaired) electrons. The largest absolute Gasteiger partial charge is 0.508 e. The van der Waals surface area contributed by atoms with Gasteiger partial charge in [0.15, 0.2) is 0 Å². The van der Waals surface area contributed by atoms with E-state index in [9.17, 15) is 19.8 Å². The number of fused-ring (bicyclic) bond motifs is 4. The van der Waals surface area contributed by atoms with Crippen LogP contribution < -0.4 is 10.6 Å². The minimum Gasteiger partial charge on any atom is -0.508 e. The lowest BCUT2D eigenvalue weighted by Gasteiger charge is -2.34. The van der Waals surface area contributed by atoms with Gasteiger partial charge >= 0.3 is 0 Å². The number of aryl methyl sites for hydroxylation is 2. The molecule has 2 aliphatic rings. The van der Waals surface area contributed by atoms with E-state index in [0.717, 1.165) is 72.0 Å². The lowest BCUT2D eigenvalue weighted by Crippen LogP contribution is -2.27. The maximum absolute atomic E-state index is 12.5. The summed E-state index contributed by atoms with van der Waals surface area (Å²) in [6.45, 7) is 13.8. The zero-order valence-corrected chi connectivity index (χ0v) is 31.9. The average molecular weight is 727 g/mol. The number of aromatic hydroxyl groups is 2. The van der Waals surface area contributed by atoms with Gasteiger partial charge in [-0.2, -0.15) is 0 Å². The molecule has 0 saturated heterocycles. The van der Waals surface area contributed by atoms with E-state index in [4.69, 9.17) is 9.97 Å². The fourth-order valence-corrected chi connectivity index (χ4v) is 7.63. The van der Waals surface area contributed by atoms with Crippen LogP contribution in [0.2, 0.25) is 0 Å². The van der Waals surface area contributed by atoms with Gasteiger partial charge < -0.3 is 30.8 Å². The van der Waals surface area contributed by atoms with E-state index in [1.165, 1.54) is 11.1 Å². The summed E-state index contributed by atoms with van der Waals surface area (Å²) in [5.74, 6) is 1.20. The molecule has 0 saturated carbocycles. The van der Waals surface area contributed by atoms with Gasteiger partial charge in [0.25, 0.3) is 11.8 Å². The van der Waals surface area contributed by atoms with Crippen molar-refractivity contribution in [2.24, 2.45) is 22.7 Å². The minimum atomic E-state index is -0.218. The number of rotatable bonds is 4. The van der Waals surface area contributed by atoms with Crippen LogP contribution in [0.15, 0.2) is 72.8 Å². The summed E-state index contributed by atoms with van der Waals surface area (Å²) >= 11 is 0. The molecule has 280 valence electrons. The molecule has 10 nitrogen and oxygen atoms in total. The summed E-state index contributed by atoms with van der Waals surface area (Å²) in [6, 6.07) is 20.8. The summed E-state index contributed by atoms with van der Waals surface area (Å²) in [6.07, 6.45) is 6.38. The van der Waals surface area contributed by atoms with E-state index < -0.39 is 0 Å². The Hall–Kier alpha value is -5.64. The zero-order valence-electron chi connectivity index (χ0n) is 31.9. The van der Waals surface area contributed by atoms with Gasteiger partial charge in [-0.15, -0.1) is 0 Å². The SMILES string of the molecule is CC(C)(C)[C@@H]1CCc2nc3cc(C(=O)Nc4ccc(O)cc4)[nH]c3cc2C1.CC(C)(C)[C@H]1CCc2nc3cc(C(=O)Nc4ccc(O)cc4)[nH]c3cc2C1. The Balaban J connectivity index is 0.000000167. The first-order chi connectivity index (χ1) is 25.6. The number of phenolic OH excluding ortho intramolecular Hbond substituents is 2. The van der Waals surface area contributed by atoms with Gasteiger partial charge in [0.2, 0.25) is 0 Å². The summed E-state index contributed by atoms with van der Waals surface area (Å²) in [5.41, 5.74) is 11.2. The van der Waals surface area contributed by atoms with Crippen molar-refractivity contribution >= 4 is 45.3 Å². The Bertz CT molecular complexity index is 2160. The Morgan fingerprint density at radius 1 is 0.611 bits per heavy atom. The monoisotopic (exact) mass is 726 g/mol. The van der Waals surface area contributed by atoms with E-state index in [0.29, 0.717) is 34.6 Å². The Labute approximate surface area is 315 Å². The predicted molar refractivity (Wildman–Crippen MR) is 214 cm³/mol. The average Bonchev–Trinajstić information content (AvgIpc) is 3.74. The number of anilines is 2. The first kappa shape index (κ1) is 36.7. The fourth-order valence-electron chi connectivity index (χ4n) is 7.63. The van der Waals surface area contributed by atoms with Crippen LogP contribution >= 0.6 is 0 Å². The molecule has 6 aromatic rings. The highest BCUT2D eigenvalue weighted by Crippen LogP contribution is 2.39. The van der Waals surface area contributed by atoms with Crippen molar-refractivity contribution < 1.29 is 19.8 Å². The van der Waals surface area contributed by atoms with Gasteiger partial charge in [0, 0.05) is 22.8 Å². The number of carbonyl (C=O) groups excluding carboxylic acids is 2. The van der Waals surface area contributed by atoms with E-state index >= 15 is 0 Å². The second kappa shape index (κ2) is 14.3. The highest BCUT2D eigenvalue weighted by molar-refractivity contribution is 6.06. The molecule has 10 heteroatoms. The predicted octanol–water partition coefficient (Wildman–Crippen LogP) is 9.34. The van der Waals surface area contributed by atoms with Crippen LogP contribution in [-0.4, -0.2) is 42.0 Å². The summed E-state index contributed by atoms with van der Waals surface area (Å²) in [7, 11) is 0. The van der Waals surface area contributed by atoms with Crippen LogP contribution in [0.25, 0.3) is 22.1 Å². The van der Waals surface area contributed by atoms with Crippen LogP contribution in [0, 0.1) is 22.7 Å². The third-order valence-corrected chi connectivity index (χ3v) is 11.1. The molecule has 2 aromatic carbocycles. The fraction of sp³-hybridized carbons (Fsp3) is 0.364. The zero-order chi connectivity index (χ0) is 38.4. The summed E-state index contributed by atoms with van der Waals surface area (Å²) in [4.78, 5) is 41.1. The van der Waals surface area contributed by atoms with Crippen molar-refractivity contribution in [2.75, 3.05) is 10.6 Å². The number of phenols is 2. The van der Waals surface area contributed by atoms with Crippen LogP contribution in [0.3, 0.4) is 0 Å². The molecule has 4 heterocycles. The Kier molecular flexibility index (Phi) is 9.72. The maximum atomic E-state index is 12.5. The summed E-state index contributed by atoms with van der Waals surface area (Å²) < 4.78 is 0. The molecule has 0 bridgehead atoms. The van der Waals surface area contributed by atoms with Crippen LogP contribution in [0.1, 0.15) is 97.9 Å². The number of aromatic amines is 2. The van der Waals surface area contributed by atoms with E-state index in [2.05, 4.69) is 74.3 Å². The van der Waals surface area contributed by atoms with Crippen molar-refractivity contribution in [1.29, 1.82) is 0 Å². The number of H-pyrrole nitrogens is 2. The third kappa shape index (κ3) is 8.12. The third-order valence-electron chi connectivity index (χ3n) is 11.1.